The Morgan fingerprint density at radius 1 is 0.605 bits per heavy atom. The first-order valence-corrected chi connectivity index (χ1v) is 11.7. The average molecular weight is 499 g/mol. The third-order valence-corrected chi connectivity index (χ3v) is 5.39. The molecule has 0 aliphatic heterocycles. The SMILES string of the molecule is N#Cc1ccc(/C=N/c2ccc(COC(=O)OCc3ccc(/N=C/c4ccc(C#N)cc4)cc3)cc2)cc1. The van der Waals surface area contributed by atoms with Gasteiger partial charge in [-0.25, -0.2) is 4.79 Å². The third-order valence-electron chi connectivity index (χ3n) is 5.39. The number of carbonyl (C=O) groups is 1. The zero-order valence-corrected chi connectivity index (χ0v) is 20.3. The number of hydrogen-bond donors (Lipinski definition) is 0. The van der Waals surface area contributed by atoms with Crippen molar-refractivity contribution in [1.82, 2.24) is 0 Å². The van der Waals surface area contributed by atoms with E-state index in [0.29, 0.717) is 11.1 Å². The molecule has 4 aromatic carbocycles. The number of carbonyl (C=O) groups excluding carboxylic acids is 1. The van der Waals surface area contributed by atoms with Crippen LogP contribution in [0.4, 0.5) is 16.2 Å². The van der Waals surface area contributed by atoms with E-state index in [0.717, 1.165) is 33.6 Å². The molecule has 0 unspecified atom stereocenters. The van der Waals surface area contributed by atoms with Gasteiger partial charge in [0.2, 0.25) is 0 Å². The van der Waals surface area contributed by atoms with E-state index in [2.05, 4.69) is 22.1 Å². The molecular formula is C31H22N4O3. The van der Waals surface area contributed by atoms with Gasteiger partial charge in [0.05, 0.1) is 34.6 Å². The zero-order valence-electron chi connectivity index (χ0n) is 20.3. The molecule has 0 aromatic heterocycles. The minimum Gasteiger partial charge on any atom is -0.429 e. The summed E-state index contributed by atoms with van der Waals surface area (Å²) < 4.78 is 10.4. The summed E-state index contributed by atoms with van der Waals surface area (Å²) in [6.07, 6.45) is 2.69. The molecule has 0 spiro atoms. The molecule has 0 aliphatic carbocycles. The van der Waals surface area contributed by atoms with Gasteiger partial charge in [-0.2, -0.15) is 10.5 Å². The van der Waals surface area contributed by atoms with Gasteiger partial charge in [0.15, 0.2) is 0 Å². The first kappa shape index (κ1) is 25.6. The Kier molecular flexibility index (Phi) is 8.72. The molecule has 0 heterocycles. The molecule has 0 atom stereocenters. The molecule has 0 radical (unpaired) electrons. The van der Waals surface area contributed by atoms with Gasteiger partial charge in [-0.15, -0.1) is 0 Å². The lowest BCUT2D eigenvalue weighted by molar-refractivity contribution is 0.0446. The summed E-state index contributed by atoms with van der Waals surface area (Å²) >= 11 is 0. The van der Waals surface area contributed by atoms with Gasteiger partial charge in [-0.05, 0) is 70.8 Å². The minimum absolute atomic E-state index is 0.0848. The Labute approximate surface area is 220 Å². The van der Waals surface area contributed by atoms with Crippen LogP contribution in [0.15, 0.2) is 107 Å². The van der Waals surface area contributed by atoms with Crippen molar-refractivity contribution in [2.75, 3.05) is 0 Å². The highest BCUT2D eigenvalue weighted by molar-refractivity contribution is 5.82. The molecule has 7 nitrogen and oxygen atoms in total. The summed E-state index contributed by atoms with van der Waals surface area (Å²) in [7, 11) is 0. The van der Waals surface area contributed by atoms with E-state index in [9.17, 15) is 4.79 Å². The predicted molar refractivity (Wildman–Crippen MR) is 145 cm³/mol. The number of nitriles is 2. The first-order chi connectivity index (χ1) is 18.6. The molecule has 0 bridgehead atoms. The van der Waals surface area contributed by atoms with E-state index in [-0.39, 0.29) is 13.2 Å². The van der Waals surface area contributed by atoms with Crippen molar-refractivity contribution in [3.63, 3.8) is 0 Å². The van der Waals surface area contributed by atoms with Crippen LogP contribution in [0.5, 0.6) is 0 Å². The number of hydrogen-bond acceptors (Lipinski definition) is 7. The number of nitrogens with zero attached hydrogens (tertiary/aromatic N) is 4. The molecule has 0 saturated heterocycles. The quantitative estimate of drug-likeness (QED) is 0.196. The van der Waals surface area contributed by atoms with Gasteiger partial charge >= 0.3 is 6.16 Å². The van der Waals surface area contributed by atoms with E-state index < -0.39 is 6.16 Å². The Hall–Kier alpha value is -5.53. The van der Waals surface area contributed by atoms with Gasteiger partial charge < -0.3 is 9.47 Å². The monoisotopic (exact) mass is 498 g/mol. The van der Waals surface area contributed by atoms with Gasteiger partial charge in [0, 0.05) is 12.4 Å². The van der Waals surface area contributed by atoms with Gasteiger partial charge in [-0.3, -0.25) is 9.98 Å². The van der Waals surface area contributed by atoms with Crippen LogP contribution < -0.4 is 0 Å². The van der Waals surface area contributed by atoms with Crippen LogP contribution in [0.25, 0.3) is 0 Å². The van der Waals surface area contributed by atoms with Crippen molar-refractivity contribution >= 4 is 30.0 Å². The van der Waals surface area contributed by atoms with Crippen molar-refractivity contribution in [3.05, 3.63) is 130 Å². The lowest BCUT2D eigenvalue weighted by Gasteiger charge is -2.07. The second-order valence-corrected chi connectivity index (χ2v) is 8.14. The molecule has 0 aliphatic rings. The number of benzene rings is 4. The molecule has 4 rings (SSSR count). The summed E-state index contributed by atoms with van der Waals surface area (Å²) in [6, 6.07) is 33.1. The second kappa shape index (κ2) is 13.0. The molecule has 4 aromatic rings. The fraction of sp³-hybridized carbons (Fsp3) is 0.0645. The van der Waals surface area contributed by atoms with Crippen molar-refractivity contribution in [1.29, 1.82) is 10.5 Å². The average Bonchev–Trinajstić information content (AvgIpc) is 2.98. The summed E-state index contributed by atoms with van der Waals surface area (Å²) in [5, 5.41) is 17.7. The Morgan fingerprint density at radius 2 is 0.974 bits per heavy atom. The van der Waals surface area contributed by atoms with E-state index in [1.165, 1.54) is 0 Å². The maximum Gasteiger partial charge on any atom is 0.508 e. The Balaban J connectivity index is 1.20. The van der Waals surface area contributed by atoms with Crippen LogP contribution in [0, 0.1) is 22.7 Å². The molecular weight excluding hydrogens is 476 g/mol. The number of aliphatic imine (C=N–C) groups is 2. The standard InChI is InChI=1S/C31H22N4O3/c32-17-23-1-5-25(6-2-23)19-34-29-13-9-27(10-14-29)21-37-31(36)38-22-28-11-15-30(16-12-28)35-20-26-7-3-24(18-33)4-8-26/h1-16,19-20H,21-22H2/b34-19+,35-20+. The topological polar surface area (TPSA) is 108 Å². The summed E-state index contributed by atoms with van der Waals surface area (Å²) in [5.41, 5.74) is 6.12. The zero-order chi connectivity index (χ0) is 26.6. The van der Waals surface area contributed by atoms with Crippen molar-refractivity contribution in [3.8, 4) is 12.1 Å². The first-order valence-electron chi connectivity index (χ1n) is 11.7. The fourth-order valence-corrected chi connectivity index (χ4v) is 3.27. The molecule has 0 N–H and O–H groups in total. The molecule has 38 heavy (non-hydrogen) atoms. The van der Waals surface area contributed by atoms with Crippen molar-refractivity contribution in [2.45, 2.75) is 13.2 Å². The predicted octanol–water partition coefficient (Wildman–Crippen LogP) is 6.78. The molecule has 184 valence electrons. The lowest BCUT2D eigenvalue weighted by Crippen LogP contribution is -2.07. The fourth-order valence-electron chi connectivity index (χ4n) is 3.27. The van der Waals surface area contributed by atoms with Crippen molar-refractivity contribution < 1.29 is 14.3 Å². The molecule has 0 amide bonds. The van der Waals surface area contributed by atoms with Crippen LogP contribution in [0.2, 0.25) is 0 Å². The van der Waals surface area contributed by atoms with Crippen LogP contribution in [0.1, 0.15) is 33.4 Å². The smallest absolute Gasteiger partial charge is 0.429 e. The molecule has 0 saturated carbocycles. The molecule has 7 heteroatoms. The van der Waals surface area contributed by atoms with Crippen molar-refractivity contribution in [2.24, 2.45) is 9.98 Å². The Bertz CT molecular complexity index is 1390. The van der Waals surface area contributed by atoms with Crippen LogP contribution >= 0.6 is 0 Å². The van der Waals surface area contributed by atoms with E-state index in [1.54, 1.807) is 36.7 Å². The second-order valence-electron chi connectivity index (χ2n) is 8.14. The lowest BCUT2D eigenvalue weighted by atomic mass is 10.1. The maximum absolute atomic E-state index is 12.0. The van der Waals surface area contributed by atoms with E-state index in [4.69, 9.17) is 20.0 Å². The normalized spacial score (nSPS) is 10.7. The number of rotatable bonds is 8. The van der Waals surface area contributed by atoms with Gasteiger partial charge in [0.25, 0.3) is 0 Å². The third kappa shape index (κ3) is 7.74. The largest absolute Gasteiger partial charge is 0.508 e. The maximum atomic E-state index is 12.0. The van der Waals surface area contributed by atoms with Gasteiger partial charge in [0.1, 0.15) is 13.2 Å². The Morgan fingerprint density at radius 3 is 1.32 bits per heavy atom. The highest BCUT2D eigenvalue weighted by Crippen LogP contribution is 2.16. The van der Waals surface area contributed by atoms with Crippen LogP contribution in [0.3, 0.4) is 0 Å². The van der Waals surface area contributed by atoms with Crippen LogP contribution in [-0.4, -0.2) is 18.6 Å². The van der Waals surface area contributed by atoms with Crippen LogP contribution in [-0.2, 0) is 22.7 Å². The minimum atomic E-state index is -0.754. The van der Waals surface area contributed by atoms with E-state index >= 15 is 0 Å². The number of ether oxygens (including phenoxy) is 2. The highest BCUT2D eigenvalue weighted by atomic mass is 16.7. The summed E-state index contributed by atoms with van der Waals surface area (Å²) in [4.78, 5) is 20.8. The summed E-state index contributed by atoms with van der Waals surface area (Å²) in [5.74, 6) is 0. The molecule has 0 fully saturated rings. The highest BCUT2D eigenvalue weighted by Gasteiger charge is 2.06. The summed E-state index contributed by atoms with van der Waals surface area (Å²) in [6.45, 7) is 0.170. The van der Waals surface area contributed by atoms with Gasteiger partial charge in [-0.1, -0.05) is 48.5 Å². The van der Waals surface area contributed by atoms with E-state index in [1.807, 2.05) is 72.8 Å².